The lowest BCUT2D eigenvalue weighted by atomic mass is 10.1. The van der Waals surface area contributed by atoms with Crippen molar-refractivity contribution in [2.24, 2.45) is 0 Å². The number of aliphatic hydroxyl groups is 1. The molecule has 0 radical (unpaired) electrons. The SMILES string of the molecule is O[C@H]1CCCN(c2ccc3nnc(-c4ccccc4F)n3n2)C1. The zero-order valence-corrected chi connectivity index (χ0v) is 12.4. The van der Waals surface area contributed by atoms with Crippen molar-refractivity contribution in [2.45, 2.75) is 18.9 Å². The van der Waals surface area contributed by atoms with Crippen LogP contribution in [0, 0.1) is 5.82 Å². The van der Waals surface area contributed by atoms with Crippen molar-refractivity contribution in [3.8, 4) is 11.4 Å². The number of piperidine rings is 1. The second kappa shape index (κ2) is 5.58. The van der Waals surface area contributed by atoms with Gasteiger partial charge in [0.15, 0.2) is 11.5 Å². The van der Waals surface area contributed by atoms with Gasteiger partial charge in [0.25, 0.3) is 0 Å². The Morgan fingerprint density at radius 2 is 2.00 bits per heavy atom. The molecule has 0 aliphatic carbocycles. The van der Waals surface area contributed by atoms with Gasteiger partial charge in [0.1, 0.15) is 11.6 Å². The number of aliphatic hydroxyl groups excluding tert-OH is 1. The summed E-state index contributed by atoms with van der Waals surface area (Å²) in [5.41, 5.74) is 0.924. The third-order valence-corrected chi connectivity index (χ3v) is 4.08. The molecule has 2 aromatic heterocycles. The molecule has 0 unspecified atom stereocenters. The van der Waals surface area contributed by atoms with Crippen molar-refractivity contribution in [1.29, 1.82) is 0 Å². The summed E-state index contributed by atoms with van der Waals surface area (Å²) in [5, 5.41) is 22.5. The van der Waals surface area contributed by atoms with Crippen molar-refractivity contribution in [3.63, 3.8) is 0 Å². The number of aromatic nitrogens is 4. The number of anilines is 1. The standard InChI is InChI=1S/C16H16FN5O/c17-13-6-2-1-5-12(13)16-19-18-14-7-8-15(20-22(14)16)21-9-3-4-11(23)10-21/h1-2,5-8,11,23H,3-4,9-10H2/t11-/m0/s1. The molecular formula is C16H16FN5O. The summed E-state index contributed by atoms with van der Waals surface area (Å²) in [6.45, 7) is 1.39. The van der Waals surface area contributed by atoms with E-state index in [1.165, 1.54) is 6.07 Å². The van der Waals surface area contributed by atoms with Gasteiger partial charge >= 0.3 is 0 Å². The molecule has 1 aromatic carbocycles. The van der Waals surface area contributed by atoms with Crippen molar-refractivity contribution in [3.05, 3.63) is 42.2 Å². The van der Waals surface area contributed by atoms with Crippen LogP contribution in [0.25, 0.3) is 17.0 Å². The number of rotatable bonds is 2. The highest BCUT2D eigenvalue weighted by Crippen LogP contribution is 2.23. The Balaban J connectivity index is 1.79. The van der Waals surface area contributed by atoms with Gasteiger partial charge in [0.2, 0.25) is 0 Å². The maximum atomic E-state index is 14.0. The van der Waals surface area contributed by atoms with Gasteiger partial charge in [-0.15, -0.1) is 15.3 Å². The third-order valence-electron chi connectivity index (χ3n) is 4.08. The molecule has 7 heteroatoms. The lowest BCUT2D eigenvalue weighted by Gasteiger charge is -2.30. The minimum Gasteiger partial charge on any atom is -0.391 e. The van der Waals surface area contributed by atoms with E-state index >= 15 is 0 Å². The molecule has 1 aliphatic rings. The first-order valence-corrected chi connectivity index (χ1v) is 7.63. The Morgan fingerprint density at radius 3 is 2.83 bits per heavy atom. The van der Waals surface area contributed by atoms with Gasteiger partial charge in [-0.05, 0) is 37.1 Å². The first kappa shape index (κ1) is 14.1. The largest absolute Gasteiger partial charge is 0.391 e. The van der Waals surface area contributed by atoms with Crippen LogP contribution < -0.4 is 4.90 Å². The first-order valence-electron chi connectivity index (χ1n) is 7.63. The predicted octanol–water partition coefficient (Wildman–Crippen LogP) is 1.89. The van der Waals surface area contributed by atoms with E-state index in [9.17, 15) is 9.50 Å². The van der Waals surface area contributed by atoms with Gasteiger partial charge in [-0.25, -0.2) is 4.39 Å². The van der Waals surface area contributed by atoms with Crippen LogP contribution in [0.1, 0.15) is 12.8 Å². The topological polar surface area (TPSA) is 66.5 Å². The molecule has 1 aliphatic heterocycles. The maximum Gasteiger partial charge on any atom is 0.188 e. The summed E-state index contributed by atoms with van der Waals surface area (Å²) in [6.07, 6.45) is 1.39. The summed E-state index contributed by atoms with van der Waals surface area (Å²) in [4.78, 5) is 2.03. The number of hydrogen-bond donors (Lipinski definition) is 1. The summed E-state index contributed by atoms with van der Waals surface area (Å²) >= 11 is 0. The lowest BCUT2D eigenvalue weighted by molar-refractivity contribution is 0.153. The number of benzene rings is 1. The average molecular weight is 313 g/mol. The molecule has 1 fully saturated rings. The van der Waals surface area contributed by atoms with Gasteiger partial charge < -0.3 is 10.0 Å². The second-order valence-corrected chi connectivity index (χ2v) is 5.71. The molecule has 0 amide bonds. The highest BCUT2D eigenvalue weighted by molar-refractivity contribution is 5.60. The normalized spacial score (nSPS) is 18.5. The lowest BCUT2D eigenvalue weighted by Crippen LogP contribution is -2.38. The fraction of sp³-hybridized carbons (Fsp3) is 0.312. The van der Waals surface area contributed by atoms with Gasteiger partial charge in [-0.1, -0.05) is 12.1 Å². The minimum absolute atomic E-state index is 0.340. The van der Waals surface area contributed by atoms with E-state index in [1.54, 1.807) is 28.8 Å². The van der Waals surface area contributed by atoms with Crippen molar-refractivity contribution < 1.29 is 9.50 Å². The second-order valence-electron chi connectivity index (χ2n) is 5.71. The summed E-state index contributed by atoms with van der Waals surface area (Å²) in [5.74, 6) is 0.744. The van der Waals surface area contributed by atoms with Crippen LogP contribution in [0.2, 0.25) is 0 Å². The Labute approximate surface area is 132 Å². The summed E-state index contributed by atoms with van der Waals surface area (Å²) < 4.78 is 15.6. The molecule has 0 saturated carbocycles. The smallest absolute Gasteiger partial charge is 0.188 e. The summed E-state index contributed by atoms with van der Waals surface area (Å²) in [6, 6.07) is 10.1. The molecular weight excluding hydrogens is 297 g/mol. The van der Waals surface area contributed by atoms with E-state index < -0.39 is 0 Å². The molecule has 1 saturated heterocycles. The quantitative estimate of drug-likeness (QED) is 0.782. The fourth-order valence-electron chi connectivity index (χ4n) is 2.92. The van der Waals surface area contributed by atoms with E-state index in [2.05, 4.69) is 15.3 Å². The number of nitrogens with zero attached hydrogens (tertiary/aromatic N) is 5. The Kier molecular flexibility index (Phi) is 3.42. The van der Waals surface area contributed by atoms with Gasteiger partial charge in [-0.3, -0.25) is 0 Å². The van der Waals surface area contributed by atoms with Crippen LogP contribution in [0.15, 0.2) is 36.4 Å². The molecule has 1 atom stereocenters. The van der Waals surface area contributed by atoms with Crippen molar-refractivity contribution >= 4 is 11.5 Å². The highest BCUT2D eigenvalue weighted by Gasteiger charge is 2.20. The molecule has 3 heterocycles. The molecule has 23 heavy (non-hydrogen) atoms. The highest BCUT2D eigenvalue weighted by atomic mass is 19.1. The summed E-state index contributed by atoms with van der Waals surface area (Å²) in [7, 11) is 0. The van der Waals surface area contributed by atoms with Gasteiger partial charge in [0, 0.05) is 13.1 Å². The number of β-amino-alcohol motifs (C(OH)–C–C–N with tert-alkyl or cyclic N) is 1. The minimum atomic E-state index is -0.359. The molecule has 4 rings (SSSR count). The van der Waals surface area contributed by atoms with Crippen LogP contribution in [-0.4, -0.2) is 44.1 Å². The van der Waals surface area contributed by atoms with E-state index in [0.29, 0.717) is 23.6 Å². The zero-order chi connectivity index (χ0) is 15.8. The predicted molar refractivity (Wildman–Crippen MR) is 83.6 cm³/mol. The van der Waals surface area contributed by atoms with E-state index in [0.717, 1.165) is 25.2 Å². The monoisotopic (exact) mass is 313 g/mol. The van der Waals surface area contributed by atoms with Crippen LogP contribution in [0.5, 0.6) is 0 Å². The van der Waals surface area contributed by atoms with Crippen LogP contribution in [0.4, 0.5) is 10.2 Å². The Bertz CT molecular complexity index is 849. The molecule has 118 valence electrons. The maximum absolute atomic E-state index is 14.0. The Hall–Kier alpha value is -2.54. The Morgan fingerprint density at radius 1 is 1.13 bits per heavy atom. The van der Waals surface area contributed by atoms with E-state index in [4.69, 9.17) is 0 Å². The van der Waals surface area contributed by atoms with Crippen LogP contribution >= 0.6 is 0 Å². The number of fused-ring (bicyclic) bond motifs is 1. The zero-order valence-electron chi connectivity index (χ0n) is 12.4. The van der Waals surface area contributed by atoms with Crippen molar-refractivity contribution in [1.82, 2.24) is 19.8 Å². The third kappa shape index (κ3) is 2.53. The number of hydrogen-bond acceptors (Lipinski definition) is 5. The average Bonchev–Trinajstić information content (AvgIpc) is 2.98. The fourth-order valence-corrected chi connectivity index (χ4v) is 2.92. The van der Waals surface area contributed by atoms with Crippen LogP contribution in [0.3, 0.4) is 0 Å². The van der Waals surface area contributed by atoms with Crippen LogP contribution in [-0.2, 0) is 0 Å². The number of halogens is 1. The first-order chi connectivity index (χ1) is 11.2. The molecule has 0 bridgehead atoms. The van der Waals surface area contributed by atoms with E-state index in [-0.39, 0.29) is 11.9 Å². The molecule has 6 nitrogen and oxygen atoms in total. The molecule has 1 N–H and O–H groups in total. The van der Waals surface area contributed by atoms with Gasteiger partial charge in [-0.2, -0.15) is 4.52 Å². The van der Waals surface area contributed by atoms with Gasteiger partial charge in [0.05, 0.1) is 11.7 Å². The molecule has 0 spiro atoms. The van der Waals surface area contributed by atoms with E-state index in [1.807, 2.05) is 11.0 Å². The van der Waals surface area contributed by atoms with Crippen molar-refractivity contribution in [2.75, 3.05) is 18.0 Å². The molecule has 3 aromatic rings.